The highest BCUT2D eigenvalue weighted by Gasteiger charge is 2.13. The first kappa shape index (κ1) is 17.9. The zero-order valence-corrected chi connectivity index (χ0v) is 12.7. The molecule has 0 saturated heterocycles. The fourth-order valence-electron chi connectivity index (χ4n) is 1.69. The Bertz CT molecular complexity index is 285. The quantitative estimate of drug-likeness (QED) is 0.619. The van der Waals surface area contributed by atoms with Gasteiger partial charge in [0.05, 0.1) is 0 Å². The first-order chi connectivity index (χ1) is 8.74. The molecule has 1 unspecified atom stereocenters. The summed E-state index contributed by atoms with van der Waals surface area (Å²) in [5.41, 5.74) is 5.23. The highest BCUT2D eigenvalue weighted by molar-refractivity contribution is 5.79. The molecule has 2 amide bonds. The minimum absolute atomic E-state index is 0.00688. The monoisotopic (exact) mass is 271 g/mol. The van der Waals surface area contributed by atoms with Gasteiger partial charge in [0.1, 0.15) is 0 Å². The van der Waals surface area contributed by atoms with Gasteiger partial charge in [0.15, 0.2) is 0 Å². The molecular weight excluding hydrogens is 242 g/mol. The Balaban J connectivity index is 3.66. The molecule has 0 heterocycles. The lowest BCUT2D eigenvalue weighted by Gasteiger charge is -2.20. The van der Waals surface area contributed by atoms with Gasteiger partial charge in [-0.25, -0.2) is 0 Å². The second-order valence-corrected chi connectivity index (χ2v) is 6.12. The van der Waals surface area contributed by atoms with Crippen LogP contribution < -0.4 is 16.4 Å². The average molecular weight is 271 g/mol. The fraction of sp³-hybridized carbons (Fsp3) is 0.857. The largest absolute Gasteiger partial charge is 0.356 e. The van der Waals surface area contributed by atoms with Gasteiger partial charge >= 0.3 is 0 Å². The van der Waals surface area contributed by atoms with Crippen LogP contribution in [0.2, 0.25) is 0 Å². The molecule has 112 valence electrons. The summed E-state index contributed by atoms with van der Waals surface area (Å²) in [6.45, 7) is 8.95. The zero-order chi connectivity index (χ0) is 14.9. The highest BCUT2D eigenvalue weighted by atomic mass is 16.2. The standard InChI is InChI=1S/C14H29N3O2/c1-11(7-9-15)5-6-12(18)16-10-8-13(19)17-14(2,3)4/h11H,5-10,15H2,1-4H3,(H,16,18)(H,17,19). The molecule has 0 aromatic rings. The topological polar surface area (TPSA) is 84.2 Å². The van der Waals surface area contributed by atoms with E-state index >= 15 is 0 Å². The predicted octanol–water partition coefficient (Wildman–Crippen LogP) is 1.17. The molecule has 0 aliphatic rings. The van der Waals surface area contributed by atoms with E-state index in [-0.39, 0.29) is 17.4 Å². The van der Waals surface area contributed by atoms with Gasteiger partial charge in [0.25, 0.3) is 0 Å². The van der Waals surface area contributed by atoms with Crippen molar-refractivity contribution in [2.75, 3.05) is 13.1 Å². The summed E-state index contributed by atoms with van der Waals surface area (Å²) in [6.07, 6.45) is 2.61. The predicted molar refractivity (Wildman–Crippen MR) is 77.6 cm³/mol. The van der Waals surface area contributed by atoms with Crippen molar-refractivity contribution in [1.82, 2.24) is 10.6 Å². The molecule has 0 radical (unpaired) electrons. The van der Waals surface area contributed by atoms with Crippen LogP contribution in [0.1, 0.15) is 53.4 Å². The van der Waals surface area contributed by atoms with E-state index in [1.807, 2.05) is 20.8 Å². The smallest absolute Gasteiger partial charge is 0.222 e. The molecule has 19 heavy (non-hydrogen) atoms. The van der Waals surface area contributed by atoms with Crippen LogP contribution in [0.25, 0.3) is 0 Å². The number of nitrogens with two attached hydrogens (primary N) is 1. The van der Waals surface area contributed by atoms with Gasteiger partial charge in [-0.05, 0) is 46.1 Å². The molecule has 0 saturated carbocycles. The van der Waals surface area contributed by atoms with Crippen molar-refractivity contribution >= 4 is 11.8 Å². The summed E-state index contributed by atoms with van der Waals surface area (Å²) < 4.78 is 0. The second kappa shape index (κ2) is 8.91. The maximum Gasteiger partial charge on any atom is 0.222 e. The molecule has 0 spiro atoms. The number of rotatable bonds is 8. The van der Waals surface area contributed by atoms with Gasteiger partial charge in [-0.3, -0.25) is 9.59 Å². The number of nitrogens with one attached hydrogen (secondary N) is 2. The van der Waals surface area contributed by atoms with E-state index in [1.165, 1.54) is 0 Å². The minimum Gasteiger partial charge on any atom is -0.356 e. The van der Waals surface area contributed by atoms with Crippen molar-refractivity contribution in [3.8, 4) is 0 Å². The summed E-state index contributed by atoms with van der Waals surface area (Å²) >= 11 is 0. The van der Waals surface area contributed by atoms with Crippen molar-refractivity contribution in [2.45, 2.75) is 58.9 Å². The summed E-state index contributed by atoms with van der Waals surface area (Å²) in [6, 6.07) is 0. The molecule has 1 atom stereocenters. The molecular formula is C14H29N3O2. The van der Waals surface area contributed by atoms with Crippen LogP contribution in [0.15, 0.2) is 0 Å². The van der Waals surface area contributed by atoms with Gasteiger partial charge < -0.3 is 16.4 Å². The van der Waals surface area contributed by atoms with Gasteiger partial charge in [-0.1, -0.05) is 6.92 Å². The fourth-order valence-corrected chi connectivity index (χ4v) is 1.69. The molecule has 0 aromatic carbocycles. The number of amides is 2. The van der Waals surface area contributed by atoms with E-state index < -0.39 is 0 Å². The second-order valence-electron chi connectivity index (χ2n) is 6.12. The average Bonchev–Trinajstić information content (AvgIpc) is 2.24. The van der Waals surface area contributed by atoms with Crippen LogP contribution in [0.5, 0.6) is 0 Å². The van der Waals surface area contributed by atoms with E-state index in [1.54, 1.807) is 0 Å². The SMILES string of the molecule is CC(CCN)CCC(=O)NCCC(=O)NC(C)(C)C. The third-order valence-electron chi connectivity index (χ3n) is 2.71. The molecule has 5 nitrogen and oxygen atoms in total. The Morgan fingerprint density at radius 3 is 2.26 bits per heavy atom. The van der Waals surface area contributed by atoms with E-state index in [0.29, 0.717) is 31.8 Å². The first-order valence-corrected chi connectivity index (χ1v) is 7.02. The van der Waals surface area contributed by atoms with Crippen molar-refractivity contribution < 1.29 is 9.59 Å². The number of carbonyl (C=O) groups excluding carboxylic acids is 2. The molecule has 0 aromatic heterocycles. The number of hydrogen-bond acceptors (Lipinski definition) is 3. The summed E-state index contributed by atoms with van der Waals surface area (Å²) in [7, 11) is 0. The molecule has 0 fully saturated rings. The first-order valence-electron chi connectivity index (χ1n) is 7.02. The molecule has 0 aliphatic carbocycles. The van der Waals surface area contributed by atoms with Crippen molar-refractivity contribution in [3.63, 3.8) is 0 Å². The molecule has 4 N–H and O–H groups in total. The van der Waals surface area contributed by atoms with Crippen LogP contribution >= 0.6 is 0 Å². The highest BCUT2D eigenvalue weighted by Crippen LogP contribution is 2.08. The lowest BCUT2D eigenvalue weighted by molar-refractivity contribution is -0.123. The Kier molecular flexibility index (Phi) is 8.39. The maximum absolute atomic E-state index is 11.5. The summed E-state index contributed by atoms with van der Waals surface area (Å²) in [5.74, 6) is 0.441. The minimum atomic E-state index is -0.223. The Labute approximate surface area is 116 Å². The van der Waals surface area contributed by atoms with Crippen LogP contribution in [0.4, 0.5) is 0 Å². The maximum atomic E-state index is 11.5. The van der Waals surface area contributed by atoms with Crippen LogP contribution in [0.3, 0.4) is 0 Å². The van der Waals surface area contributed by atoms with Gasteiger partial charge in [0.2, 0.25) is 11.8 Å². The lowest BCUT2D eigenvalue weighted by atomic mass is 10.0. The van der Waals surface area contributed by atoms with E-state index in [9.17, 15) is 9.59 Å². The van der Waals surface area contributed by atoms with E-state index in [0.717, 1.165) is 12.8 Å². The summed E-state index contributed by atoms with van der Waals surface area (Å²) in [5, 5.41) is 5.62. The van der Waals surface area contributed by atoms with Gasteiger partial charge in [0, 0.05) is 24.9 Å². The van der Waals surface area contributed by atoms with Gasteiger partial charge in [-0.15, -0.1) is 0 Å². The molecule has 5 heteroatoms. The van der Waals surface area contributed by atoms with E-state index in [2.05, 4.69) is 17.6 Å². The van der Waals surface area contributed by atoms with E-state index in [4.69, 9.17) is 5.73 Å². The molecule has 0 rings (SSSR count). The normalized spacial score (nSPS) is 12.9. The third kappa shape index (κ3) is 11.7. The third-order valence-corrected chi connectivity index (χ3v) is 2.71. The zero-order valence-electron chi connectivity index (χ0n) is 12.7. The van der Waals surface area contributed by atoms with Crippen LogP contribution in [-0.4, -0.2) is 30.4 Å². The van der Waals surface area contributed by atoms with Crippen molar-refractivity contribution in [2.24, 2.45) is 11.7 Å². The van der Waals surface area contributed by atoms with Crippen LogP contribution in [-0.2, 0) is 9.59 Å². The Hall–Kier alpha value is -1.10. The Morgan fingerprint density at radius 2 is 1.74 bits per heavy atom. The molecule has 0 bridgehead atoms. The number of hydrogen-bond donors (Lipinski definition) is 3. The van der Waals surface area contributed by atoms with Gasteiger partial charge in [-0.2, -0.15) is 0 Å². The summed E-state index contributed by atoms with van der Waals surface area (Å²) in [4.78, 5) is 23.1. The lowest BCUT2D eigenvalue weighted by Crippen LogP contribution is -2.42. The van der Waals surface area contributed by atoms with Crippen LogP contribution in [0, 0.1) is 5.92 Å². The Morgan fingerprint density at radius 1 is 1.11 bits per heavy atom. The molecule has 0 aliphatic heterocycles. The van der Waals surface area contributed by atoms with Crippen molar-refractivity contribution in [3.05, 3.63) is 0 Å². The number of carbonyl (C=O) groups is 2. The van der Waals surface area contributed by atoms with Crippen molar-refractivity contribution in [1.29, 1.82) is 0 Å².